The van der Waals surface area contributed by atoms with Crippen molar-refractivity contribution in [2.24, 2.45) is 0 Å². The molecule has 1 heterocycles. The van der Waals surface area contributed by atoms with Crippen molar-refractivity contribution in [1.82, 2.24) is 9.80 Å². The zero-order valence-electron chi connectivity index (χ0n) is 9.28. The van der Waals surface area contributed by atoms with E-state index in [4.69, 9.17) is 4.74 Å². The summed E-state index contributed by atoms with van der Waals surface area (Å²) in [6, 6.07) is 0. The molecule has 0 aromatic carbocycles. The van der Waals surface area contributed by atoms with Crippen molar-refractivity contribution in [2.75, 3.05) is 53.0 Å². The Hall–Kier alpha value is -0.160. The molecule has 0 aromatic rings. The van der Waals surface area contributed by atoms with Gasteiger partial charge in [-0.1, -0.05) is 0 Å². The van der Waals surface area contributed by atoms with Gasteiger partial charge in [-0.05, 0) is 14.0 Å². The molecule has 1 rings (SSSR count). The number of rotatable bonds is 5. The lowest BCUT2D eigenvalue weighted by Gasteiger charge is -2.28. The molecule has 1 unspecified atom stereocenters. The fraction of sp³-hybridized carbons (Fsp3) is 1.00. The minimum Gasteiger partial charge on any atom is -0.392 e. The molecule has 0 amide bonds. The van der Waals surface area contributed by atoms with Gasteiger partial charge in [0.25, 0.3) is 0 Å². The van der Waals surface area contributed by atoms with Crippen LogP contribution in [0.4, 0.5) is 0 Å². The summed E-state index contributed by atoms with van der Waals surface area (Å²) in [6.45, 7) is 8.48. The Morgan fingerprint density at radius 1 is 1.43 bits per heavy atom. The normalized spacial score (nSPS) is 21.4. The molecular weight excluding hydrogens is 180 g/mol. The summed E-state index contributed by atoms with van der Waals surface area (Å²) in [4.78, 5) is 4.57. The van der Waals surface area contributed by atoms with Crippen LogP contribution < -0.4 is 0 Å². The molecule has 1 aliphatic heterocycles. The Labute approximate surface area is 86.4 Å². The van der Waals surface area contributed by atoms with Gasteiger partial charge in [0.05, 0.1) is 19.3 Å². The number of morpholine rings is 1. The molecule has 0 aliphatic carbocycles. The Kier molecular flexibility index (Phi) is 5.40. The second-order valence-corrected chi connectivity index (χ2v) is 4.07. The van der Waals surface area contributed by atoms with Gasteiger partial charge in [0.1, 0.15) is 0 Å². The van der Waals surface area contributed by atoms with Crippen molar-refractivity contribution in [3.8, 4) is 0 Å². The van der Waals surface area contributed by atoms with Crippen molar-refractivity contribution in [2.45, 2.75) is 13.0 Å². The lowest BCUT2D eigenvalue weighted by molar-refractivity contribution is 0.0325. The van der Waals surface area contributed by atoms with Gasteiger partial charge in [-0.25, -0.2) is 0 Å². The first kappa shape index (κ1) is 11.9. The minimum absolute atomic E-state index is 0.232. The highest BCUT2D eigenvalue weighted by molar-refractivity contribution is 4.64. The van der Waals surface area contributed by atoms with E-state index in [2.05, 4.69) is 9.80 Å². The van der Waals surface area contributed by atoms with Crippen LogP contribution in [0.1, 0.15) is 6.92 Å². The Morgan fingerprint density at radius 2 is 2.07 bits per heavy atom. The molecule has 1 atom stereocenters. The maximum atomic E-state index is 9.18. The predicted octanol–water partition coefficient (Wildman–Crippen LogP) is -0.369. The van der Waals surface area contributed by atoms with Crippen LogP contribution in [0.5, 0.6) is 0 Å². The number of hydrogen-bond acceptors (Lipinski definition) is 4. The maximum absolute atomic E-state index is 9.18. The molecule has 84 valence electrons. The lowest BCUT2D eigenvalue weighted by atomic mass is 10.3. The summed E-state index contributed by atoms with van der Waals surface area (Å²) >= 11 is 0. The third-order valence-corrected chi connectivity index (χ3v) is 2.48. The second kappa shape index (κ2) is 6.35. The summed E-state index contributed by atoms with van der Waals surface area (Å²) in [5.74, 6) is 0. The molecule has 4 heteroatoms. The third kappa shape index (κ3) is 4.91. The predicted molar refractivity (Wildman–Crippen MR) is 56.4 cm³/mol. The van der Waals surface area contributed by atoms with Crippen molar-refractivity contribution in [1.29, 1.82) is 0 Å². The van der Waals surface area contributed by atoms with E-state index in [9.17, 15) is 5.11 Å². The van der Waals surface area contributed by atoms with E-state index in [1.807, 2.05) is 14.0 Å². The Bertz CT molecular complexity index is 147. The highest BCUT2D eigenvalue weighted by atomic mass is 16.5. The van der Waals surface area contributed by atoms with Crippen molar-refractivity contribution >= 4 is 0 Å². The molecular formula is C10H22N2O2. The van der Waals surface area contributed by atoms with Gasteiger partial charge in [-0.2, -0.15) is 0 Å². The molecule has 1 aliphatic rings. The monoisotopic (exact) mass is 202 g/mol. The fourth-order valence-corrected chi connectivity index (χ4v) is 1.68. The highest BCUT2D eigenvalue weighted by Gasteiger charge is 2.11. The van der Waals surface area contributed by atoms with Crippen LogP contribution in [-0.2, 0) is 4.74 Å². The Balaban J connectivity index is 2.06. The smallest absolute Gasteiger partial charge is 0.0638 e. The minimum atomic E-state index is -0.232. The topological polar surface area (TPSA) is 35.9 Å². The van der Waals surface area contributed by atoms with Crippen LogP contribution in [-0.4, -0.2) is 74.0 Å². The van der Waals surface area contributed by atoms with Crippen LogP contribution in [0.25, 0.3) is 0 Å². The van der Waals surface area contributed by atoms with Crippen molar-refractivity contribution in [3.05, 3.63) is 0 Å². The summed E-state index contributed by atoms with van der Waals surface area (Å²) in [5, 5.41) is 9.18. The van der Waals surface area contributed by atoms with E-state index in [0.717, 1.165) is 45.9 Å². The van der Waals surface area contributed by atoms with Gasteiger partial charge in [0, 0.05) is 32.7 Å². The van der Waals surface area contributed by atoms with E-state index in [-0.39, 0.29) is 6.10 Å². The summed E-state index contributed by atoms with van der Waals surface area (Å²) in [6.07, 6.45) is -0.232. The average Bonchev–Trinajstić information content (AvgIpc) is 2.15. The SMILES string of the molecule is CC(O)CN(C)CCN1CCOCC1. The summed E-state index contributed by atoms with van der Waals surface area (Å²) in [7, 11) is 2.05. The van der Waals surface area contributed by atoms with Crippen LogP contribution in [0.15, 0.2) is 0 Å². The molecule has 1 N–H and O–H groups in total. The molecule has 1 fully saturated rings. The van der Waals surface area contributed by atoms with Gasteiger partial charge in [-0.15, -0.1) is 0 Å². The maximum Gasteiger partial charge on any atom is 0.0638 e. The summed E-state index contributed by atoms with van der Waals surface area (Å²) in [5.41, 5.74) is 0. The number of aliphatic hydroxyl groups excluding tert-OH is 1. The first-order valence-corrected chi connectivity index (χ1v) is 5.35. The molecule has 1 saturated heterocycles. The largest absolute Gasteiger partial charge is 0.392 e. The van der Waals surface area contributed by atoms with Crippen molar-refractivity contribution in [3.63, 3.8) is 0 Å². The second-order valence-electron chi connectivity index (χ2n) is 4.07. The van der Waals surface area contributed by atoms with Gasteiger partial charge >= 0.3 is 0 Å². The zero-order valence-corrected chi connectivity index (χ0v) is 9.28. The number of likely N-dealkylation sites (N-methyl/N-ethyl adjacent to an activating group) is 1. The average molecular weight is 202 g/mol. The van der Waals surface area contributed by atoms with E-state index in [0.29, 0.717) is 0 Å². The number of aliphatic hydroxyl groups is 1. The first-order valence-electron chi connectivity index (χ1n) is 5.35. The van der Waals surface area contributed by atoms with E-state index in [1.54, 1.807) is 0 Å². The zero-order chi connectivity index (χ0) is 10.4. The lowest BCUT2D eigenvalue weighted by Crippen LogP contribution is -2.41. The van der Waals surface area contributed by atoms with Gasteiger partial charge < -0.3 is 14.7 Å². The molecule has 0 spiro atoms. The number of ether oxygens (including phenoxy) is 1. The van der Waals surface area contributed by atoms with Crippen LogP contribution in [0.3, 0.4) is 0 Å². The molecule has 0 bridgehead atoms. The van der Waals surface area contributed by atoms with Gasteiger partial charge in [0.15, 0.2) is 0 Å². The molecule has 0 aromatic heterocycles. The third-order valence-electron chi connectivity index (χ3n) is 2.48. The van der Waals surface area contributed by atoms with Crippen LogP contribution in [0, 0.1) is 0 Å². The van der Waals surface area contributed by atoms with E-state index in [1.165, 1.54) is 0 Å². The van der Waals surface area contributed by atoms with Crippen molar-refractivity contribution < 1.29 is 9.84 Å². The van der Waals surface area contributed by atoms with E-state index < -0.39 is 0 Å². The molecule has 0 saturated carbocycles. The van der Waals surface area contributed by atoms with Gasteiger partial charge in [-0.3, -0.25) is 4.90 Å². The summed E-state index contributed by atoms with van der Waals surface area (Å²) < 4.78 is 5.28. The van der Waals surface area contributed by atoms with Gasteiger partial charge in [0.2, 0.25) is 0 Å². The molecule has 4 nitrogen and oxygen atoms in total. The van der Waals surface area contributed by atoms with Crippen LogP contribution in [0.2, 0.25) is 0 Å². The number of hydrogen-bond donors (Lipinski definition) is 1. The van der Waals surface area contributed by atoms with E-state index >= 15 is 0 Å². The standard InChI is InChI=1S/C10H22N2O2/c1-10(13)9-11(2)3-4-12-5-7-14-8-6-12/h10,13H,3-9H2,1-2H3. The number of nitrogens with zero attached hydrogens (tertiary/aromatic N) is 2. The first-order chi connectivity index (χ1) is 6.68. The quantitative estimate of drug-likeness (QED) is 0.660. The molecule has 14 heavy (non-hydrogen) atoms. The Morgan fingerprint density at radius 3 is 2.64 bits per heavy atom. The molecule has 0 radical (unpaired) electrons. The highest BCUT2D eigenvalue weighted by Crippen LogP contribution is 1.97. The van der Waals surface area contributed by atoms with Crippen LogP contribution >= 0.6 is 0 Å². The fourth-order valence-electron chi connectivity index (χ4n) is 1.68.